The molecule has 232 valence electrons. The van der Waals surface area contributed by atoms with Crippen LogP contribution in [-0.2, 0) is 21.5 Å². The first-order valence-electron chi connectivity index (χ1n) is 13.3. The Morgan fingerprint density at radius 2 is 1.80 bits per heavy atom. The van der Waals surface area contributed by atoms with Gasteiger partial charge in [0, 0.05) is 38.7 Å². The van der Waals surface area contributed by atoms with Gasteiger partial charge < -0.3 is 14.0 Å². The molecule has 0 radical (unpaired) electrons. The minimum atomic E-state index is -4.67. The smallest absolute Gasteiger partial charge is 0.267 e. The molecule has 4 heterocycles. The minimum Gasteiger partial charge on any atom is -0.480 e. The summed E-state index contributed by atoms with van der Waals surface area (Å²) in [5.74, 6) is -4.64. The minimum absolute atomic E-state index is 0.204. The number of anilines is 1. The van der Waals surface area contributed by atoms with Gasteiger partial charge in [-0.3, -0.25) is 9.12 Å². The van der Waals surface area contributed by atoms with Crippen molar-refractivity contribution in [1.29, 1.82) is 0 Å². The van der Waals surface area contributed by atoms with Gasteiger partial charge in [0.25, 0.3) is 10.0 Å². The number of halogens is 4. The number of rotatable bonds is 11. The summed E-state index contributed by atoms with van der Waals surface area (Å²) in [6, 6.07) is 5.79. The third-order valence-corrected chi connectivity index (χ3v) is 9.74. The van der Waals surface area contributed by atoms with Crippen molar-refractivity contribution < 1.29 is 35.5 Å². The molecule has 0 aliphatic heterocycles. The number of sulfonamides is 1. The predicted octanol–water partition coefficient (Wildman–Crippen LogP) is 5.94. The maximum atomic E-state index is 15.8. The Kier molecular flexibility index (Phi) is 8.50. The summed E-state index contributed by atoms with van der Waals surface area (Å²) in [5, 5.41) is 0. The monoisotopic (exact) mass is 648 g/mol. The highest BCUT2D eigenvalue weighted by Gasteiger charge is 2.27. The van der Waals surface area contributed by atoms with E-state index in [9.17, 15) is 12.8 Å². The van der Waals surface area contributed by atoms with Crippen molar-refractivity contribution in [1.82, 2.24) is 23.9 Å². The molecule has 5 aromatic rings. The molecule has 0 amide bonds. The van der Waals surface area contributed by atoms with Crippen molar-refractivity contribution in [2.75, 3.05) is 18.4 Å². The van der Waals surface area contributed by atoms with Crippen LogP contribution in [0.15, 0.2) is 60.1 Å². The fourth-order valence-corrected chi connectivity index (χ4v) is 6.34. The highest BCUT2D eigenvalue weighted by molar-refractivity contribution is 7.92. The van der Waals surface area contributed by atoms with Gasteiger partial charge in [0.1, 0.15) is 30.4 Å². The predicted molar refractivity (Wildman–Crippen MR) is 157 cm³/mol. The van der Waals surface area contributed by atoms with Crippen LogP contribution < -0.4 is 9.46 Å². The maximum Gasteiger partial charge on any atom is 0.267 e. The quantitative estimate of drug-likeness (QED) is 0.0817. The second-order valence-corrected chi connectivity index (χ2v) is 18.3. The lowest BCUT2D eigenvalue weighted by Gasteiger charge is -2.16. The van der Waals surface area contributed by atoms with E-state index in [-0.39, 0.29) is 12.2 Å². The number of imidazole rings is 2. The summed E-state index contributed by atoms with van der Waals surface area (Å²) in [7, 11) is -4.83. The van der Waals surface area contributed by atoms with Crippen LogP contribution in [0.2, 0.25) is 25.7 Å². The molecule has 0 atom stereocenters. The summed E-state index contributed by atoms with van der Waals surface area (Å²) in [5.41, 5.74) is -1.46. The SMILES string of the molecule is COc1ncc(F)cc1S(=O)(=O)Nc1ccc(F)c(-c2ccc3c(-c4nccn4COCC[Si](C)(C)C)ncn3c2F)c1F. The number of methoxy groups -OCH3 is 1. The lowest BCUT2D eigenvalue weighted by molar-refractivity contribution is 0.0882. The maximum absolute atomic E-state index is 15.8. The van der Waals surface area contributed by atoms with Crippen molar-refractivity contribution in [3.8, 4) is 28.5 Å². The van der Waals surface area contributed by atoms with Crippen LogP contribution in [0, 0.1) is 23.4 Å². The Labute approximate surface area is 251 Å². The molecule has 0 bridgehead atoms. The molecule has 0 saturated heterocycles. The van der Waals surface area contributed by atoms with Gasteiger partial charge in [0.15, 0.2) is 16.5 Å². The fraction of sp³-hybridized carbons (Fsp3) is 0.250. The van der Waals surface area contributed by atoms with Crippen molar-refractivity contribution in [3.05, 3.63) is 78.6 Å². The Morgan fingerprint density at radius 3 is 2.52 bits per heavy atom. The highest BCUT2D eigenvalue weighted by atomic mass is 32.2. The lowest BCUT2D eigenvalue weighted by atomic mass is 10.0. The largest absolute Gasteiger partial charge is 0.480 e. The van der Waals surface area contributed by atoms with E-state index in [0.717, 1.165) is 48.3 Å². The molecular weight excluding hydrogens is 620 g/mol. The zero-order chi connectivity index (χ0) is 31.8. The number of hydrogen-bond donors (Lipinski definition) is 1. The average Bonchev–Trinajstić information content (AvgIpc) is 3.60. The van der Waals surface area contributed by atoms with E-state index >= 15 is 13.2 Å². The van der Waals surface area contributed by atoms with Crippen LogP contribution in [0.1, 0.15) is 0 Å². The van der Waals surface area contributed by atoms with E-state index in [4.69, 9.17) is 9.47 Å². The summed E-state index contributed by atoms with van der Waals surface area (Å²) in [4.78, 5) is 11.5. The molecule has 0 saturated carbocycles. The summed E-state index contributed by atoms with van der Waals surface area (Å²) in [6.45, 7) is 7.51. The standard InChI is InChI=1S/C28H28F4N6O4SSi/c1-41-28-22(13-17(29)14-34-28)43(39,40)36-20-7-6-19(30)23(24(20)31)18-5-8-21-25(35-15-38(21)26(18)32)27-33-9-10-37(27)16-42-11-12-44(2,3)4/h5-10,13-15,36H,11-12,16H2,1-4H3. The van der Waals surface area contributed by atoms with Crippen LogP contribution in [0.25, 0.3) is 28.2 Å². The molecular formula is C28H28F4N6O4SSi. The van der Waals surface area contributed by atoms with Gasteiger partial charge in [-0.05, 0) is 30.3 Å². The number of pyridine rings is 2. The van der Waals surface area contributed by atoms with E-state index in [1.807, 2.05) is 4.72 Å². The van der Waals surface area contributed by atoms with Gasteiger partial charge in [-0.25, -0.2) is 36.5 Å². The molecule has 1 aromatic carbocycles. The molecule has 1 N–H and O–H groups in total. The Morgan fingerprint density at radius 1 is 1.02 bits per heavy atom. The van der Waals surface area contributed by atoms with Gasteiger partial charge in [0.2, 0.25) is 11.8 Å². The molecule has 0 spiro atoms. The van der Waals surface area contributed by atoms with E-state index in [0.29, 0.717) is 24.2 Å². The van der Waals surface area contributed by atoms with Crippen molar-refractivity contribution in [2.24, 2.45) is 0 Å². The average molecular weight is 649 g/mol. The molecule has 0 fully saturated rings. The normalized spacial score (nSPS) is 12.2. The zero-order valence-electron chi connectivity index (χ0n) is 24.1. The molecule has 10 nitrogen and oxygen atoms in total. The van der Waals surface area contributed by atoms with E-state index in [1.165, 1.54) is 6.07 Å². The Bertz CT molecular complexity index is 1960. The van der Waals surface area contributed by atoms with Crippen LogP contribution in [0.3, 0.4) is 0 Å². The van der Waals surface area contributed by atoms with Gasteiger partial charge in [-0.2, -0.15) is 4.39 Å². The fourth-order valence-electron chi connectivity index (χ4n) is 4.40. The molecule has 5 rings (SSSR count). The number of ether oxygens (including phenoxy) is 2. The first kappa shape index (κ1) is 31.2. The van der Waals surface area contributed by atoms with Gasteiger partial charge in [0.05, 0.1) is 30.1 Å². The van der Waals surface area contributed by atoms with Crippen molar-refractivity contribution in [3.63, 3.8) is 0 Å². The number of nitrogens with one attached hydrogen (secondary N) is 1. The topological polar surface area (TPSA) is 113 Å². The molecule has 4 aromatic heterocycles. The zero-order valence-corrected chi connectivity index (χ0v) is 25.9. The second kappa shape index (κ2) is 12.0. The molecule has 44 heavy (non-hydrogen) atoms. The van der Waals surface area contributed by atoms with Crippen molar-refractivity contribution in [2.45, 2.75) is 37.3 Å². The first-order chi connectivity index (χ1) is 20.8. The number of fused-ring (bicyclic) bond motifs is 1. The summed E-state index contributed by atoms with van der Waals surface area (Å²) in [6.07, 6.45) is 5.15. The molecule has 0 aliphatic rings. The van der Waals surface area contributed by atoms with E-state index in [1.54, 1.807) is 17.0 Å². The summed E-state index contributed by atoms with van der Waals surface area (Å²) >= 11 is 0. The number of hydrogen-bond acceptors (Lipinski definition) is 7. The molecule has 0 unspecified atom stereocenters. The van der Waals surface area contributed by atoms with Crippen LogP contribution in [0.4, 0.5) is 23.2 Å². The third kappa shape index (κ3) is 6.18. The van der Waals surface area contributed by atoms with Gasteiger partial charge >= 0.3 is 0 Å². The Hall–Kier alpha value is -4.28. The van der Waals surface area contributed by atoms with Crippen LogP contribution in [0.5, 0.6) is 5.88 Å². The Balaban J connectivity index is 1.48. The second-order valence-electron chi connectivity index (χ2n) is 11.0. The van der Waals surface area contributed by atoms with Gasteiger partial charge in [-0.15, -0.1) is 0 Å². The van der Waals surface area contributed by atoms with E-state index < -0.39 is 69.1 Å². The van der Waals surface area contributed by atoms with Crippen molar-refractivity contribution >= 4 is 29.3 Å². The van der Waals surface area contributed by atoms with E-state index in [2.05, 4.69) is 34.6 Å². The highest BCUT2D eigenvalue weighted by Crippen LogP contribution is 2.35. The lowest BCUT2D eigenvalue weighted by Crippen LogP contribution is -2.22. The molecule has 16 heteroatoms. The summed E-state index contributed by atoms with van der Waals surface area (Å²) < 4.78 is 102. The first-order valence-corrected chi connectivity index (χ1v) is 18.5. The molecule has 0 aliphatic carbocycles. The number of aromatic nitrogens is 5. The van der Waals surface area contributed by atoms with Crippen LogP contribution >= 0.6 is 0 Å². The number of nitrogens with zero attached hydrogens (tertiary/aromatic N) is 5. The van der Waals surface area contributed by atoms with Gasteiger partial charge in [-0.1, -0.05) is 19.6 Å². The number of benzene rings is 1. The third-order valence-electron chi connectivity index (χ3n) is 6.67. The van der Waals surface area contributed by atoms with Crippen LogP contribution in [-0.4, -0.2) is 54.1 Å².